The van der Waals surface area contributed by atoms with Crippen LogP contribution in [0, 0.1) is 6.92 Å². The van der Waals surface area contributed by atoms with Gasteiger partial charge in [-0.05, 0) is 24.6 Å². The van der Waals surface area contributed by atoms with Crippen molar-refractivity contribution in [2.75, 3.05) is 6.26 Å². The Bertz CT molecular complexity index is 580. The number of carbonyl (C=O) groups is 1. The van der Waals surface area contributed by atoms with Crippen LogP contribution in [0.5, 0.6) is 5.75 Å². The van der Waals surface area contributed by atoms with E-state index in [9.17, 15) is 22.0 Å². The number of hydrogen-bond acceptors (Lipinski definition) is 4. The Morgan fingerprint density at radius 3 is 2.33 bits per heavy atom. The first-order valence-corrected chi connectivity index (χ1v) is 6.55. The van der Waals surface area contributed by atoms with E-state index in [4.69, 9.17) is 5.11 Å². The fourth-order valence-corrected chi connectivity index (χ4v) is 2.17. The summed E-state index contributed by atoms with van der Waals surface area (Å²) in [7, 11) is -3.87. The van der Waals surface area contributed by atoms with Crippen LogP contribution in [-0.2, 0) is 9.84 Å². The number of hydrogen-bond donors (Lipinski definition) is 1. The molecule has 8 heteroatoms. The van der Waals surface area contributed by atoms with Crippen molar-refractivity contribution < 1.29 is 31.8 Å². The minimum absolute atomic E-state index is 0.130. The van der Waals surface area contributed by atoms with Gasteiger partial charge in [0.2, 0.25) is 0 Å². The van der Waals surface area contributed by atoms with Crippen molar-refractivity contribution in [3.05, 3.63) is 23.3 Å². The smallest absolute Gasteiger partial charge is 0.387 e. The highest BCUT2D eigenvalue weighted by Crippen LogP contribution is 2.29. The number of sulfone groups is 1. The molecule has 100 valence electrons. The molecule has 1 rings (SSSR count). The molecule has 0 aliphatic rings. The van der Waals surface area contributed by atoms with Gasteiger partial charge in [0.25, 0.3) is 0 Å². The van der Waals surface area contributed by atoms with Gasteiger partial charge in [-0.3, -0.25) is 0 Å². The van der Waals surface area contributed by atoms with Gasteiger partial charge in [-0.1, -0.05) is 0 Å². The van der Waals surface area contributed by atoms with E-state index < -0.39 is 33.1 Å². The van der Waals surface area contributed by atoms with Gasteiger partial charge in [0, 0.05) is 6.26 Å². The second kappa shape index (κ2) is 4.89. The fraction of sp³-hybridized carbons (Fsp3) is 0.300. The third kappa shape index (κ3) is 3.16. The van der Waals surface area contributed by atoms with Crippen molar-refractivity contribution in [2.45, 2.75) is 18.4 Å². The van der Waals surface area contributed by atoms with Crippen molar-refractivity contribution in [3.8, 4) is 5.75 Å². The van der Waals surface area contributed by atoms with Crippen molar-refractivity contribution in [2.24, 2.45) is 0 Å². The van der Waals surface area contributed by atoms with E-state index in [1.807, 2.05) is 0 Å². The number of aromatic carboxylic acids is 1. The average Bonchev–Trinajstić information content (AvgIpc) is 2.13. The molecule has 0 aliphatic heterocycles. The molecule has 18 heavy (non-hydrogen) atoms. The lowest BCUT2D eigenvalue weighted by molar-refractivity contribution is -0.0517. The molecule has 0 unspecified atom stereocenters. The first-order chi connectivity index (χ1) is 8.12. The molecule has 0 atom stereocenters. The molecule has 0 aromatic heterocycles. The molecule has 0 heterocycles. The predicted octanol–water partition coefficient (Wildman–Crippen LogP) is 1.70. The van der Waals surface area contributed by atoms with Gasteiger partial charge < -0.3 is 9.84 Å². The van der Waals surface area contributed by atoms with E-state index in [2.05, 4.69) is 4.74 Å². The van der Waals surface area contributed by atoms with Gasteiger partial charge in [0.05, 0.1) is 5.56 Å². The van der Waals surface area contributed by atoms with Crippen molar-refractivity contribution in [1.82, 2.24) is 0 Å². The normalized spacial score (nSPS) is 11.6. The van der Waals surface area contributed by atoms with Crippen LogP contribution < -0.4 is 4.74 Å². The molecule has 1 aromatic carbocycles. The first kappa shape index (κ1) is 14.4. The standard InChI is InChI=1S/C10H10F2O5S/c1-5-3-7(17-10(11)12)8(18(2,15)16)4-6(5)9(13)14/h3-4,10H,1-2H3,(H,13,14). The monoisotopic (exact) mass is 280 g/mol. The molecule has 0 spiro atoms. The van der Waals surface area contributed by atoms with Crippen molar-refractivity contribution in [1.29, 1.82) is 0 Å². The first-order valence-electron chi connectivity index (χ1n) is 4.65. The zero-order valence-electron chi connectivity index (χ0n) is 9.48. The van der Waals surface area contributed by atoms with Gasteiger partial charge in [-0.15, -0.1) is 0 Å². The number of halogens is 2. The topological polar surface area (TPSA) is 80.7 Å². The summed E-state index contributed by atoms with van der Waals surface area (Å²) in [6, 6.07) is 1.77. The van der Waals surface area contributed by atoms with Crippen LogP contribution in [0.1, 0.15) is 15.9 Å². The van der Waals surface area contributed by atoms with E-state index in [0.29, 0.717) is 0 Å². The number of rotatable bonds is 4. The highest BCUT2D eigenvalue weighted by Gasteiger charge is 2.21. The molecular formula is C10H10F2O5S. The molecule has 0 amide bonds. The quantitative estimate of drug-likeness (QED) is 0.907. The molecule has 0 fully saturated rings. The van der Waals surface area contributed by atoms with E-state index in [1.54, 1.807) is 0 Å². The van der Waals surface area contributed by atoms with Crippen molar-refractivity contribution in [3.63, 3.8) is 0 Å². The third-order valence-electron chi connectivity index (χ3n) is 2.14. The SMILES string of the molecule is Cc1cc(OC(F)F)c(S(C)(=O)=O)cc1C(=O)O. The minimum Gasteiger partial charge on any atom is -0.478 e. The Kier molecular flexibility index (Phi) is 3.90. The molecule has 0 radical (unpaired) electrons. The van der Waals surface area contributed by atoms with Gasteiger partial charge >= 0.3 is 12.6 Å². The molecule has 0 aliphatic carbocycles. The Balaban J connectivity index is 3.52. The summed E-state index contributed by atoms with van der Waals surface area (Å²) in [6.45, 7) is -1.84. The number of alkyl halides is 2. The Labute approximate surface area is 102 Å². The number of carboxylic acid groups (broad SMARTS) is 1. The third-order valence-corrected chi connectivity index (χ3v) is 3.25. The second-order valence-electron chi connectivity index (χ2n) is 3.57. The van der Waals surface area contributed by atoms with E-state index in [-0.39, 0.29) is 11.1 Å². The Hall–Kier alpha value is -1.70. The largest absolute Gasteiger partial charge is 0.478 e. The predicted molar refractivity (Wildman–Crippen MR) is 57.9 cm³/mol. The zero-order valence-corrected chi connectivity index (χ0v) is 10.3. The van der Waals surface area contributed by atoms with Crippen LogP contribution in [0.4, 0.5) is 8.78 Å². The maximum absolute atomic E-state index is 12.1. The van der Waals surface area contributed by atoms with Crippen LogP contribution in [0.2, 0.25) is 0 Å². The second-order valence-corrected chi connectivity index (χ2v) is 5.55. The van der Waals surface area contributed by atoms with Gasteiger partial charge in [-0.2, -0.15) is 8.78 Å². The molecule has 0 saturated heterocycles. The summed E-state index contributed by atoms with van der Waals surface area (Å²) in [4.78, 5) is 10.3. The highest BCUT2D eigenvalue weighted by molar-refractivity contribution is 7.90. The Morgan fingerprint density at radius 2 is 1.94 bits per heavy atom. The van der Waals surface area contributed by atoms with E-state index in [1.165, 1.54) is 6.92 Å². The summed E-state index contributed by atoms with van der Waals surface area (Å²) >= 11 is 0. The van der Waals surface area contributed by atoms with Gasteiger partial charge in [0.15, 0.2) is 9.84 Å². The van der Waals surface area contributed by atoms with E-state index in [0.717, 1.165) is 18.4 Å². The fourth-order valence-electron chi connectivity index (χ4n) is 1.37. The number of benzene rings is 1. The summed E-state index contributed by atoms with van der Waals surface area (Å²) in [5.41, 5.74) is -0.150. The minimum atomic E-state index is -3.87. The summed E-state index contributed by atoms with van der Waals surface area (Å²) in [5.74, 6) is -1.91. The summed E-state index contributed by atoms with van der Waals surface area (Å²) < 4.78 is 51.2. The maximum atomic E-state index is 12.1. The molecule has 5 nitrogen and oxygen atoms in total. The molecule has 0 saturated carbocycles. The molecule has 1 N–H and O–H groups in total. The lowest BCUT2D eigenvalue weighted by Crippen LogP contribution is -2.10. The van der Waals surface area contributed by atoms with E-state index >= 15 is 0 Å². The number of carboxylic acids is 1. The summed E-state index contributed by atoms with van der Waals surface area (Å²) in [5, 5.41) is 8.84. The molecule has 0 bridgehead atoms. The average molecular weight is 280 g/mol. The zero-order chi connectivity index (χ0) is 14.1. The maximum Gasteiger partial charge on any atom is 0.387 e. The highest BCUT2D eigenvalue weighted by atomic mass is 32.2. The van der Waals surface area contributed by atoms with Crippen LogP contribution in [0.15, 0.2) is 17.0 Å². The van der Waals surface area contributed by atoms with Crippen LogP contribution in [-0.4, -0.2) is 32.4 Å². The lowest BCUT2D eigenvalue weighted by atomic mass is 10.1. The van der Waals surface area contributed by atoms with Crippen LogP contribution in [0.3, 0.4) is 0 Å². The van der Waals surface area contributed by atoms with Crippen LogP contribution in [0.25, 0.3) is 0 Å². The van der Waals surface area contributed by atoms with Crippen LogP contribution >= 0.6 is 0 Å². The van der Waals surface area contributed by atoms with Gasteiger partial charge in [-0.25, -0.2) is 13.2 Å². The van der Waals surface area contributed by atoms with Crippen molar-refractivity contribution >= 4 is 15.8 Å². The molecular weight excluding hydrogens is 270 g/mol. The number of aryl methyl sites for hydroxylation is 1. The number of ether oxygens (including phenoxy) is 1. The Morgan fingerprint density at radius 1 is 1.39 bits per heavy atom. The van der Waals surface area contributed by atoms with Gasteiger partial charge in [0.1, 0.15) is 10.6 Å². The molecule has 1 aromatic rings. The summed E-state index contributed by atoms with van der Waals surface area (Å²) in [6.07, 6.45) is 0.779. The lowest BCUT2D eigenvalue weighted by Gasteiger charge is -2.12.